The number of carbonyl (C=O) groups is 1. The smallest absolute Gasteiger partial charge is 0.501 e. The van der Waals surface area contributed by atoms with Gasteiger partial charge >= 0.3 is 6.30 Å². The molecule has 37 heavy (non-hydrogen) atoms. The Morgan fingerprint density at radius 1 is 1.27 bits per heavy atom. The molecule has 2 N–H and O–H groups in total. The maximum Gasteiger partial charge on any atom is 0.504 e. The van der Waals surface area contributed by atoms with Crippen molar-refractivity contribution < 1.29 is 27.6 Å². The van der Waals surface area contributed by atoms with E-state index in [0.29, 0.717) is 5.56 Å². The molecule has 0 aliphatic rings. The predicted molar refractivity (Wildman–Crippen MR) is 121 cm³/mol. The van der Waals surface area contributed by atoms with Gasteiger partial charge in [-0.3, -0.25) is 14.2 Å². The Hall–Kier alpha value is -4.93. The highest BCUT2D eigenvalue weighted by atomic mass is 19.4. The number of aromatic nitrogens is 5. The molecule has 0 saturated carbocycles. The van der Waals surface area contributed by atoms with E-state index in [0.717, 1.165) is 23.2 Å². The van der Waals surface area contributed by atoms with E-state index in [1.807, 2.05) is 6.07 Å². The lowest BCUT2D eigenvalue weighted by atomic mass is 9.80. The fraction of sp³-hybridized carbons (Fsp3) is 0.217. The van der Waals surface area contributed by atoms with Gasteiger partial charge in [-0.2, -0.15) is 15.0 Å². The van der Waals surface area contributed by atoms with Gasteiger partial charge in [-0.05, 0) is 17.2 Å². The second-order valence-electron chi connectivity index (χ2n) is 8.05. The van der Waals surface area contributed by atoms with Gasteiger partial charge in [0.15, 0.2) is 5.69 Å². The molecule has 0 unspecified atom stereocenters. The molecular formula is C23H18F3N7O4. The highest BCUT2D eigenvalue weighted by Gasteiger charge is 2.35. The molecular weight excluding hydrogens is 495 g/mol. The van der Waals surface area contributed by atoms with Crippen molar-refractivity contribution in [1.82, 2.24) is 24.5 Å². The first kappa shape index (κ1) is 25.2. The monoisotopic (exact) mass is 513 g/mol. The first-order valence-corrected chi connectivity index (χ1v) is 10.6. The SMILES string of the molecule is C[C@@H](c1nc(C(=O)Nc2cnoc2)c(O)c(=O)n1C)[C@@H](c1cnn(C(F)(F)F)c1)c1ccccc1C#N. The average Bonchev–Trinajstić information content (AvgIpc) is 3.55. The third-order valence-corrected chi connectivity index (χ3v) is 5.75. The minimum Gasteiger partial charge on any atom is -0.501 e. The number of halogens is 3. The van der Waals surface area contributed by atoms with Gasteiger partial charge in [0.2, 0.25) is 5.75 Å². The Labute approximate surface area is 206 Å². The van der Waals surface area contributed by atoms with Crippen LogP contribution in [-0.2, 0) is 13.3 Å². The van der Waals surface area contributed by atoms with Gasteiger partial charge < -0.3 is 14.9 Å². The molecule has 1 aromatic carbocycles. The standard InChI is InChI=1S/C23H18F3N7O4/c1-12(20-31-18(19(34)22(36)32(20)2)21(35)30-15-9-29-37-11-15)17(16-6-4-3-5-13(16)7-27)14-8-28-33(10-14)23(24,25)26/h3-6,8-12,17,34H,1-2H3,(H,30,35)/t12-,17+/m1/s1. The van der Waals surface area contributed by atoms with E-state index < -0.39 is 41.0 Å². The summed E-state index contributed by atoms with van der Waals surface area (Å²) < 4.78 is 45.4. The van der Waals surface area contributed by atoms with Gasteiger partial charge in [0.25, 0.3) is 11.5 Å². The van der Waals surface area contributed by atoms with Crippen LogP contribution in [0.4, 0.5) is 18.9 Å². The summed E-state index contributed by atoms with van der Waals surface area (Å²) in [5.41, 5.74) is -0.785. The van der Waals surface area contributed by atoms with Crippen molar-refractivity contribution in [2.75, 3.05) is 5.32 Å². The number of rotatable bonds is 6. The number of amides is 1. The molecule has 0 fully saturated rings. The van der Waals surface area contributed by atoms with Crippen LogP contribution in [0.25, 0.3) is 0 Å². The first-order valence-electron chi connectivity index (χ1n) is 10.6. The summed E-state index contributed by atoms with van der Waals surface area (Å²) in [5.74, 6) is -3.71. The molecule has 11 nitrogen and oxygen atoms in total. The third-order valence-electron chi connectivity index (χ3n) is 5.75. The summed E-state index contributed by atoms with van der Waals surface area (Å²) in [6, 6.07) is 8.32. The molecule has 3 heterocycles. The van der Waals surface area contributed by atoms with Crippen LogP contribution >= 0.6 is 0 Å². The molecule has 0 saturated heterocycles. The van der Waals surface area contributed by atoms with Gasteiger partial charge in [0.05, 0.1) is 24.0 Å². The molecule has 4 aromatic rings. The van der Waals surface area contributed by atoms with Gasteiger partial charge in [0.1, 0.15) is 17.8 Å². The van der Waals surface area contributed by atoms with E-state index in [9.17, 15) is 33.1 Å². The van der Waals surface area contributed by atoms with Crippen LogP contribution in [0.5, 0.6) is 5.75 Å². The Morgan fingerprint density at radius 2 is 2.00 bits per heavy atom. The lowest BCUT2D eigenvalue weighted by Gasteiger charge is -2.26. The summed E-state index contributed by atoms with van der Waals surface area (Å²) >= 11 is 0. The van der Waals surface area contributed by atoms with Crippen molar-refractivity contribution in [3.63, 3.8) is 0 Å². The molecule has 0 aliphatic carbocycles. The molecule has 0 spiro atoms. The molecule has 2 atom stereocenters. The molecule has 1 amide bonds. The van der Waals surface area contributed by atoms with E-state index >= 15 is 0 Å². The number of alkyl halides is 3. The summed E-state index contributed by atoms with van der Waals surface area (Å²) in [6.45, 7) is 1.57. The molecule has 14 heteroatoms. The summed E-state index contributed by atoms with van der Waals surface area (Å²) in [5, 5.41) is 29.2. The Morgan fingerprint density at radius 3 is 2.62 bits per heavy atom. The van der Waals surface area contributed by atoms with E-state index in [4.69, 9.17) is 0 Å². The Balaban J connectivity index is 1.87. The minimum absolute atomic E-state index is 0.0317. The van der Waals surface area contributed by atoms with E-state index in [1.54, 1.807) is 25.1 Å². The lowest BCUT2D eigenvalue weighted by molar-refractivity contribution is -0.212. The quantitative estimate of drug-likeness (QED) is 0.399. The van der Waals surface area contributed by atoms with Gasteiger partial charge in [-0.1, -0.05) is 30.3 Å². The zero-order valence-corrected chi connectivity index (χ0v) is 19.3. The maximum absolute atomic E-state index is 13.3. The topological polar surface area (TPSA) is 152 Å². The zero-order chi connectivity index (χ0) is 26.9. The lowest BCUT2D eigenvalue weighted by Crippen LogP contribution is -2.29. The maximum atomic E-state index is 13.3. The highest BCUT2D eigenvalue weighted by molar-refractivity contribution is 6.04. The number of aromatic hydroxyl groups is 1. The molecule has 0 bridgehead atoms. The van der Waals surface area contributed by atoms with Crippen LogP contribution in [0, 0.1) is 11.3 Å². The summed E-state index contributed by atoms with van der Waals surface area (Å²) in [6.07, 6.45) is -0.675. The largest absolute Gasteiger partial charge is 0.504 e. The second kappa shape index (κ2) is 9.61. The van der Waals surface area contributed by atoms with Gasteiger partial charge in [-0.15, -0.1) is 13.2 Å². The van der Waals surface area contributed by atoms with Crippen molar-refractivity contribution in [2.45, 2.75) is 25.1 Å². The average molecular weight is 513 g/mol. The first-order chi connectivity index (χ1) is 17.5. The molecule has 190 valence electrons. The van der Waals surface area contributed by atoms with Crippen LogP contribution in [0.1, 0.15) is 51.8 Å². The number of nitrogens with one attached hydrogen (secondary N) is 1. The second-order valence-corrected chi connectivity index (χ2v) is 8.05. The van der Waals surface area contributed by atoms with Crippen LogP contribution in [-0.4, -0.2) is 35.5 Å². The van der Waals surface area contributed by atoms with Crippen molar-refractivity contribution in [2.24, 2.45) is 7.05 Å². The van der Waals surface area contributed by atoms with Gasteiger partial charge in [-0.25, -0.2) is 4.98 Å². The third kappa shape index (κ3) is 4.79. The molecule has 0 aliphatic heterocycles. The highest BCUT2D eigenvalue weighted by Crippen LogP contribution is 2.39. The Kier molecular flexibility index (Phi) is 6.54. The number of benzene rings is 1. The number of hydrogen-bond donors (Lipinski definition) is 2. The number of carbonyl (C=O) groups excluding carboxylic acids is 1. The van der Waals surface area contributed by atoms with Crippen molar-refractivity contribution >= 4 is 11.6 Å². The van der Waals surface area contributed by atoms with Crippen LogP contribution < -0.4 is 10.9 Å². The molecule has 0 radical (unpaired) electrons. The van der Waals surface area contributed by atoms with E-state index in [2.05, 4.69) is 25.1 Å². The number of nitrogens with zero attached hydrogens (tertiary/aromatic N) is 6. The number of anilines is 1. The fourth-order valence-electron chi connectivity index (χ4n) is 4.02. The van der Waals surface area contributed by atoms with E-state index in [-0.39, 0.29) is 27.3 Å². The fourth-order valence-corrected chi connectivity index (χ4v) is 4.02. The van der Waals surface area contributed by atoms with Crippen LogP contribution in [0.3, 0.4) is 0 Å². The van der Waals surface area contributed by atoms with Crippen LogP contribution in [0.15, 0.2) is 58.4 Å². The molecule has 3 aromatic heterocycles. The minimum atomic E-state index is -4.78. The van der Waals surface area contributed by atoms with Crippen molar-refractivity contribution in [3.8, 4) is 11.8 Å². The number of nitriles is 1. The normalized spacial score (nSPS) is 13.1. The zero-order valence-electron chi connectivity index (χ0n) is 19.3. The van der Waals surface area contributed by atoms with Crippen molar-refractivity contribution in [3.05, 3.63) is 87.7 Å². The summed E-state index contributed by atoms with van der Waals surface area (Å²) in [4.78, 5) is 29.8. The molecule has 4 rings (SSSR count). The van der Waals surface area contributed by atoms with Crippen LogP contribution in [0.2, 0.25) is 0 Å². The van der Waals surface area contributed by atoms with E-state index in [1.165, 1.54) is 19.3 Å². The van der Waals surface area contributed by atoms with Crippen molar-refractivity contribution in [1.29, 1.82) is 5.26 Å². The Bertz CT molecular complexity index is 1550. The number of hydrogen-bond acceptors (Lipinski definition) is 8. The van der Waals surface area contributed by atoms with Gasteiger partial charge in [0, 0.05) is 25.1 Å². The predicted octanol–water partition coefficient (Wildman–Crippen LogP) is 3.21. The summed E-state index contributed by atoms with van der Waals surface area (Å²) in [7, 11) is 1.30.